The zero-order valence-electron chi connectivity index (χ0n) is 10.6. The first-order chi connectivity index (χ1) is 8.43. The number of sulfonamides is 1. The monoisotopic (exact) mass is 270 g/mol. The summed E-state index contributed by atoms with van der Waals surface area (Å²) in [5.41, 5.74) is 7.20. The zero-order valence-corrected chi connectivity index (χ0v) is 11.4. The molecule has 5 nitrogen and oxygen atoms in total. The molecule has 1 fully saturated rings. The SMILES string of the molecule is COc1cc(N)ccc1C1CCCN1S(C)(=O)=O. The van der Waals surface area contributed by atoms with E-state index in [4.69, 9.17) is 10.5 Å². The molecule has 0 spiro atoms. The van der Waals surface area contributed by atoms with Crippen LogP contribution >= 0.6 is 0 Å². The van der Waals surface area contributed by atoms with Crippen LogP contribution in [0.5, 0.6) is 5.75 Å². The minimum Gasteiger partial charge on any atom is -0.496 e. The van der Waals surface area contributed by atoms with E-state index in [0.29, 0.717) is 18.0 Å². The van der Waals surface area contributed by atoms with E-state index < -0.39 is 10.0 Å². The number of methoxy groups -OCH3 is 1. The molecule has 1 heterocycles. The molecule has 0 saturated carbocycles. The summed E-state index contributed by atoms with van der Waals surface area (Å²) in [5.74, 6) is 0.649. The Kier molecular flexibility index (Phi) is 3.49. The number of nitrogens with two attached hydrogens (primary N) is 1. The molecule has 2 N–H and O–H groups in total. The highest BCUT2D eigenvalue weighted by Crippen LogP contribution is 2.38. The van der Waals surface area contributed by atoms with Gasteiger partial charge >= 0.3 is 0 Å². The van der Waals surface area contributed by atoms with Crippen molar-refractivity contribution >= 4 is 15.7 Å². The van der Waals surface area contributed by atoms with Crippen LogP contribution in [0.3, 0.4) is 0 Å². The molecule has 1 aromatic rings. The molecule has 2 rings (SSSR count). The lowest BCUT2D eigenvalue weighted by Crippen LogP contribution is -2.29. The van der Waals surface area contributed by atoms with Gasteiger partial charge in [-0.05, 0) is 18.9 Å². The summed E-state index contributed by atoms with van der Waals surface area (Å²) in [5, 5.41) is 0. The second-order valence-electron chi connectivity index (χ2n) is 4.53. The third-order valence-electron chi connectivity index (χ3n) is 3.25. The van der Waals surface area contributed by atoms with E-state index in [2.05, 4.69) is 0 Å². The van der Waals surface area contributed by atoms with Gasteiger partial charge in [-0.3, -0.25) is 0 Å². The van der Waals surface area contributed by atoms with E-state index in [1.165, 1.54) is 10.6 Å². The highest BCUT2D eigenvalue weighted by molar-refractivity contribution is 7.88. The Morgan fingerprint density at radius 3 is 2.78 bits per heavy atom. The highest BCUT2D eigenvalue weighted by Gasteiger charge is 2.34. The molecule has 1 aliphatic heterocycles. The topological polar surface area (TPSA) is 72.6 Å². The van der Waals surface area contributed by atoms with Gasteiger partial charge in [-0.1, -0.05) is 6.07 Å². The van der Waals surface area contributed by atoms with Crippen LogP contribution in [0, 0.1) is 0 Å². The van der Waals surface area contributed by atoms with Crippen molar-refractivity contribution in [1.29, 1.82) is 0 Å². The Hall–Kier alpha value is -1.27. The van der Waals surface area contributed by atoms with Gasteiger partial charge in [-0.2, -0.15) is 4.31 Å². The van der Waals surface area contributed by atoms with Crippen molar-refractivity contribution in [3.63, 3.8) is 0 Å². The van der Waals surface area contributed by atoms with Crippen LogP contribution in [0.2, 0.25) is 0 Å². The normalized spacial score (nSPS) is 21.1. The fraction of sp³-hybridized carbons (Fsp3) is 0.500. The number of hydrogen-bond acceptors (Lipinski definition) is 4. The first-order valence-corrected chi connectivity index (χ1v) is 7.68. The molecule has 0 amide bonds. The van der Waals surface area contributed by atoms with Gasteiger partial charge in [-0.25, -0.2) is 8.42 Å². The lowest BCUT2D eigenvalue weighted by molar-refractivity contribution is 0.368. The third-order valence-corrected chi connectivity index (χ3v) is 4.54. The van der Waals surface area contributed by atoms with Crippen molar-refractivity contribution in [2.24, 2.45) is 0 Å². The maximum absolute atomic E-state index is 11.7. The second kappa shape index (κ2) is 4.78. The summed E-state index contributed by atoms with van der Waals surface area (Å²) < 4.78 is 30.3. The summed E-state index contributed by atoms with van der Waals surface area (Å²) in [7, 11) is -1.62. The molecule has 6 heteroatoms. The van der Waals surface area contributed by atoms with Gasteiger partial charge in [0, 0.05) is 23.9 Å². The molecule has 1 atom stereocenters. The number of rotatable bonds is 3. The Morgan fingerprint density at radius 2 is 2.17 bits per heavy atom. The van der Waals surface area contributed by atoms with Crippen LogP contribution in [0.1, 0.15) is 24.4 Å². The maximum atomic E-state index is 11.7. The van der Waals surface area contributed by atoms with E-state index in [1.54, 1.807) is 19.2 Å². The Balaban J connectivity index is 2.42. The van der Waals surface area contributed by atoms with E-state index in [9.17, 15) is 8.42 Å². The predicted molar refractivity (Wildman–Crippen MR) is 70.9 cm³/mol. The van der Waals surface area contributed by atoms with Gasteiger partial charge in [0.15, 0.2) is 0 Å². The van der Waals surface area contributed by atoms with Crippen molar-refractivity contribution < 1.29 is 13.2 Å². The molecule has 0 aliphatic carbocycles. The van der Waals surface area contributed by atoms with E-state index in [1.807, 2.05) is 6.07 Å². The molecular weight excluding hydrogens is 252 g/mol. The van der Waals surface area contributed by atoms with Crippen molar-refractivity contribution in [2.45, 2.75) is 18.9 Å². The predicted octanol–water partition coefficient (Wildman–Crippen LogP) is 1.37. The van der Waals surface area contributed by atoms with Crippen molar-refractivity contribution in [1.82, 2.24) is 4.31 Å². The number of nitrogens with zero attached hydrogens (tertiary/aromatic N) is 1. The van der Waals surface area contributed by atoms with Crippen molar-refractivity contribution in [3.05, 3.63) is 23.8 Å². The minimum absolute atomic E-state index is 0.143. The minimum atomic E-state index is -3.19. The number of ether oxygens (including phenoxy) is 1. The molecule has 100 valence electrons. The molecule has 0 aromatic heterocycles. The lowest BCUT2D eigenvalue weighted by Gasteiger charge is -2.24. The highest BCUT2D eigenvalue weighted by atomic mass is 32.2. The van der Waals surface area contributed by atoms with E-state index in [-0.39, 0.29) is 6.04 Å². The van der Waals surface area contributed by atoms with Crippen LogP contribution in [0.15, 0.2) is 18.2 Å². The fourth-order valence-corrected chi connectivity index (χ4v) is 3.59. The lowest BCUT2D eigenvalue weighted by atomic mass is 10.0. The molecule has 1 aromatic carbocycles. The van der Waals surface area contributed by atoms with Crippen molar-refractivity contribution in [2.75, 3.05) is 25.6 Å². The van der Waals surface area contributed by atoms with Crippen LogP contribution in [-0.4, -0.2) is 32.6 Å². The maximum Gasteiger partial charge on any atom is 0.211 e. The summed E-state index contributed by atoms with van der Waals surface area (Å²) in [4.78, 5) is 0. The summed E-state index contributed by atoms with van der Waals surface area (Å²) in [6.45, 7) is 0.566. The van der Waals surface area contributed by atoms with Gasteiger partial charge < -0.3 is 10.5 Å². The van der Waals surface area contributed by atoms with Gasteiger partial charge in [0.05, 0.1) is 19.4 Å². The van der Waals surface area contributed by atoms with Gasteiger partial charge in [0.1, 0.15) is 5.75 Å². The van der Waals surface area contributed by atoms with Crippen LogP contribution in [0.4, 0.5) is 5.69 Å². The average Bonchev–Trinajstić information content (AvgIpc) is 2.77. The largest absolute Gasteiger partial charge is 0.496 e. The second-order valence-corrected chi connectivity index (χ2v) is 6.47. The number of anilines is 1. The molecule has 1 unspecified atom stereocenters. The number of benzene rings is 1. The summed E-state index contributed by atoms with van der Waals surface area (Å²) >= 11 is 0. The fourth-order valence-electron chi connectivity index (χ4n) is 2.45. The molecule has 1 aliphatic rings. The average molecular weight is 270 g/mol. The zero-order chi connectivity index (χ0) is 13.3. The van der Waals surface area contributed by atoms with E-state index >= 15 is 0 Å². The summed E-state index contributed by atoms with van der Waals surface area (Å²) in [6.07, 6.45) is 2.92. The third kappa shape index (κ3) is 2.44. The Labute approximate surface area is 108 Å². The Morgan fingerprint density at radius 1 is 1.44 bits per heavy atom. The van der Waals surface area contributed by atoms with Crippen LogP contribution < -0.4 is 10.5 Å². The van der Waals surface area contributed by atoms with Crippen molar-refractivity contribution in [3.8, 4) is 5.75 Å². The van der Waals surface area contributed by atoms with Gasteiger partial charge in [0.25, 0.3) is 0 Å². The number of hydrogen-bond donors (Lipinski definition) is 1. The van der Waals surface area contributed by atoms with Gasteiger partial charge in [-0.15, -0.1) is 0 Å². The Bertz CT molecular complexity index is 542. The van der Waals surface area contributed by atoms with E-state index in [0.717, 1.165) is 18.4 Å². The first kappa shape index (κ1) is 13.2. The van der Waals surface area contributed by atoms with Crippen LogP contribution in [-0.2, 0) is 10.0 Å². The van der Waals surface area contributed by atoms with Crippen LogP contribution in [0.25, 0.3) is 0 Å². The smallest absolute Gasteiger partial charge is 0.211 e. The first-order valence-electron chi connectivity index (χ1n) is 5.83. The van der Waals surface area contributed by atoms with Gasteiger partial charge in [0.2, 0.25) is 10.0 Å². The summed E-state index contributed by atoms with van der Waals surface area (Å²) in [6, 6.07) is 5.21. The standard InChI is InChI=1S/C12H18N2O3S/c1-17-12-8-9(13)5-6-10(12)11-4-3-7-14(11)18(2,15)16/h5-6,8,11H,3-4,7,13H2,1-2H3. The molecule has 1 saturated heterocycles. The molecular formula is C12H18N2O3S. The quantitative estimate of drug-likeness (QED) is 0.842. The number of nitrogen functional groups attached to an aromatic ring is 1. The molecule has 18 heavy (non-hydrogen) atoms. The molecule has 0 radical (unpaired) electrons. The molecule has 0 bridgehead atoms.